The van der Waals surface area contributed by atoms with E-state index in [-0.39, 0.29) is 12.6 Å². The topological polar surface area (TPSA) is 102 Å². The molecule has 1 aromatic carbocycles. The normalized spacial score (nSPS) is 15.3. The summed E-state index contributed by atoms with van der Waals surface area (Å²) in [5.41, 5.74) is -4.39. The lowest BCUT2D eigenvalue weighted by Crippen LogP contribution is -2.18. The van der Waals surface area contributed by atoms with E-state index in [1.807, 2.05) is 0 Å². The highest BCUT2D eigenvalue weighted by atomic mass is 19.2. The van der Waals surface area contributed by atoms with Gasteiger partial charge in [0.2, 0.25) is 5.82 Å². The summed E-state index contributed by atoms with van der Waals surface area (Å²) in [4.78, 5) is 26.2. The second-order valence-electron chi connectivity index (χ2n) is 6.31. The van der Waals surface area contributed by atoms with E-state index in [2.05, 4.69) is 4.99 Å². The number of hydrogen-bond acceptors (Lipinski definition) is 6. The Morgan fingerprint density at radius 3 is 2.46 bits per heavy atom. The van der Waals surface area contributed by atoms with Gasteiger partial charge in [-0.05, 0) is 32.6 Å². The average molecular weight is 400 g/mol. The average Bonchev–Trinajstić information content (AvgIpc) is 2.61. The van der Waals surface area contributed by atoms with Crippen molar-refractivity contribution in [1.29, 1.82) is 0 Å². The van der Waals surface area contributed by atoms with Crippen molar-refractivity contribution in [2.24, 2.45) is 4.99 Å². The third-order valence-electron chi connectivity index (χ3n) is 4.34. The molecule has 0 heterocycles. The number of halogens is 3. The molecular weight excluding hydrogens is 381 g/mol. The number of aliphatic imine (C=N–C) groups is 1. The molecule has 1 fully saturated rings. The molecule has 2 rings (SSSR count). The predicted molar refractivity (Wildman–Crippen MR) is 94.6 cm³/mol. The molecular formula is C18H19F3N2O5. The Morgan fingerprint density at radius 2 is 1.96 bits per heavy atom. The van der Waals surface area contributed by atoms with Gasteiger partial charge in [-0.1, -0.05) is 6.92 Å². The molecule has 1 saturated carbocycles. The molecule has 1 aliphatic carbocycles. The van der Waals surface area contributed by atoms with Crippen molar-refractivity contribution in [1.82, 2.24) is 0 Å². The molecule has 0 radical (unpaired) electrons. The molecule has 1 N–H and O–H groups in total. The number of carbonyl (C=O) groups is 1. The molecule has 1 aliphatic rings. The summed E-state index contributed by atoms with van der Waals surface area (Å²) in [5.74, 6) is -7.60. The van der Waals surface area contributed by atoms with Crippen molar-refractivity contribution in [3.63, 3.8) is 0 Å². The summed E-state index contributed by atoms with van der Waals surface area (Å²) in [7, 11) is 0. The predicted octanol–water partition coefficient (Wildman–Crippen LogP) is 4.17. The van der Waals surface area contributed by atoms with Gasteiger partial charge in [-0.25, -0.2) is 13.6 Å². The lowest BCUT2D eigenvalue weighted by Gasteiger charge is -2.20. The largest absolute Gasteiger partial charge is 0.506 e. The fraction of sp³-hybridized carbons (Fsp3) is 0.444. The smallest absolute Gasteiger partial charge is 0.343 e. The lowest BCUT2D eigenvalue weighted by molar-refractivity contribution is -0.388. The van der Waals surface area contributed by atoms with Crippen LogP contribution in [0.2, 0.25) is 0 Å². The van der Waals surface area contributed by atoms with Crippen LogP contribution in [0.15, 0.2) is 10.6 Å². The summed E-state index contributed by atoms with van der Waals surface area (Å²) >= 11 is 0. The van der Waals surface area contributed by atoms with E-state index in [4.69, 9.17) is 4.74 Å². The van der Waals surface area contributed by atoms with Gasteiger partial charge in [-0.3, -0.25) is 15.1 Å². The van der Waals surface area contributed by atoms with Crippen LogP contribution in [-0.2, 0) is 9.53 Å². The van der Waals surface area contributed by atoms with E-state index < -0.39 is 56.5 Å². The van der Waals surface area contributed by atoms with E-state index >= 15 is 0 Å². The summed E-state index contributed by atoms with van der Waals surface area (Å²) in [6, 6.07) is -0.117. The number of nitrogens with zero attached hydrogens (tertiary/aromatic N) is 2. The third-order valence-corrected chi connectivity index (χ3v) is 4.34. The second kappa shape index (κ2) is 8.85. The molecule has 0 aliphatic heterocycles. The van der Waals surface area contributed by atoms with Crippen molar-refractivity contribution in [2.45, 2.75) is 45.6 Å². The summed E-state index contributed by atoms with van der Waals surface area (Å²) < 4.78 is 47.3. The fourth-order valence-corrected chi connectivity index (χ4v) is 2.49. The number of nitro groups is 1. The maximum atomic E-state index is 14.6. The summed E-state index contributed by atoms with van der Waals surface area (Å²) in [6.45, 7) is 2.53. The Bertz CT molecular complexity index is 864. The fourth-order valence-electron chi connectivity index (χ4n) is 2.49. The van der Waals surface area contributed by atoms with E-state index in [1.165, 1.54) is 0 Å². The zero-order valence-corrected chi connectivity index (χ0v) is 15.3. The highest BCUT2D eigenvalue weighted by Crippen LogP contribution is 2.35. The molecule has 0 spiro atoms. The Hall–Kier alpha value is -2.91. The Morgan fingerprint density at radius 1 is 1.32 bits per heavy atom. The van der Waals surface area contributed by atoms with Crippen LogP contribution in [0.1, 0.15) is 43.7 Å². The highest BCUT2D eigenvalue weighted by Gasteiger charge is 2.35. The minimum absolute atomic E-state index is 0.0335. The number of benzene rings is 1. The summed E-state index contributed by atoms with van der Waals surface area (Å²) in [6.07, 6.45) is 3.78. The van der Waals surface area contributed by atoms with Gasteiger partial charge < -0.3 is 9.84 Å². The first-order chi connectivity index (χ1) is 13.2. The number of hydrogen-bond donors (Lipinski definition) is 1. The van der Waals surface area contributed by atoms with Crippen molar-refractivity contribution in [3.8, 4) is 0 Å². The standard InChI is InChI=1S/C18H19F3N2O5/c1-3-7-28-18(25)11(8-22-10-5-4-6-10)17(24)12-13(19)9(2)14(20)15(21)16(12)23(26)27/h8,10,24H,3-7H2,1-2H3. The lowest BCUT2D eigenvalue weighted by atomic mass is 9.94. The van der Waals surface area contributed by atoms with Crippen LogP contribution in [0.4, 0.5) is 18.9 Å². The first kappa shape index (κ1) is 21.4. The van der Waals surface area contributed by atoms with Crippen molar-refractivity contribution < 1.29 is 32.7 Å². The molecule has 1 aromatic rings. The third kappa shape index (κ3) is 4.15. The summed E-state index contributed by atoms with van der Waals surface area (Å²) in [5, 5.41) is 21.7. The van der Waals surface area contributed by atoms with Crippen LogP contribution in [0.5, 0.6) is 0 Å². The van der Waals surface area contributed by atoms with Crippen molar-refractivity contribution in [3.05, 3.63) is 44.3 Å². The van der Waals surface area contributed by atoms with Crippen LogP contribution < -0.4 is 0 Å². The SMILES string of the molecule is CCCOC(=O)C(C=NC1CCC1)=C(O)c1c(F)c(C)c(F)c(F)c1[N+](=O)[O-]. The van der Waals surface area contributed by atoms with Crippen LogP contribution in [0.25, 0.3) is 5.76 Å². The van der Waals surface area contributed by atoms with E-state index in [1.54, 1.807) is 6.92 Å². The zero-order valence-electron chi connectivity index (χ0n) is 15.3. The molecule has 0 amide bonds. The Labute approximate surface area is 158 Å². The maximum absolute atomic E-state index is 14.6. The van der Waals surface area contributed by atoms with Gasteiger partial charge in [0, 0.05) is 17.8 Å². The highest BCUT2D eigenvalue weighted by molar-refractivity contribution is 6.15. The van der Waals surface area contributed by atoms with E-state index in [9.17, 15) is 33.2 Å². The second-order valence-corrected chi connectivity index (χ2v) is 6.31. The van der Waals surface area contributed by atoms with Crippen LogP contribution in [-0.4, -0.2) is 34.9 Å². The number of nitro benzene ring substituents is 1. The first-order valence-corrected chi connectivity index (χ1v) is 8.65. The molecule has 0 atom stereocenters. The molecule has 152 valence electrons. The van der Waals surface area contributed by atoms with Gasteiger partial charge in [-0.2, -0.15) is 4.39 Å². The number of aliphatic hydroxyl groups is 1. The van der Waals surface area contributed by atoms with Gasteiger partial charge in [0.1, 0.15) is 22.7 Å². The van der Waals surface area contributed by atoms with Crippen LogP contribution in [0, 0.1) is 34.5 Å². The molecule has 0 bridgehead atoms. The van der Waals surface area contributed by atoms with Gasteiger partial charge >= 0.3 is 11.7 Å². The van der Waals surface area contributed by atoms with Gasteiger partial charge in [0.15, 0.2) is 5.82 Å². The molecule has 7 nitrogen and oxygen atoms in total. The molecule has 0 unspecified atom stereocenters. The monoisotopic (exact) mass is 400 g/mol. The Balaban J connectivity index is 2.70. The molecule has 0 aromatic heterocycles. The number of rotatable bonds is 7. The van der Waals surface area contributed by atoms with Gasteiger partial charge in [-0.15, -0.1) is 0 Å². The van der Waals surface area contributed by atoms with E-state index in [0.29, 0.717) is 6.42 Å². The molecule has 0 saturated heterocycles. The van der Waals surface area contributed by atoms with Crippen molar-refractivity contribution >= 4 is 23.6 Å². The van der Waals surface area contributed by atoms with E-state index in [0.717, 1.165) is 32.4 Å². The molecule has 28 heavy (non-hydrogen) atoms. The molecule has 10 heteroatoms. The van der Waals surface area contributed by atoms with Crippen LogP contribution in [0.3, 0.4) is 0 Å². The maximum Gasteiger partial charge on any atom is 0.343 e. The number of carbonyl (C=O) groups excluding carboxylic acids is 1. The Kier molecular flexibility index (Phi) is 6.76. The van der Waals surface area contributed by atoms with Gasteiger partial charge in [0.05, 0.1) is 11.5 Å². The van der Waals surface area contributed by atoms with Gasteiger partial charge in [0.25, 0.3) is 0 Å². The quantitative estimate of drug-likeness (QED) is 0.141. The zero-order chi connectivity index (χ0) is 21.0. The number of ether oxygens (including phenoxy) is 1. The first-order valence-electron chi connectivity index (χ1n) is 8.65. The minimum atomic E-state index is -1.94. The van der Waals surface area contributed by atoms with Crippen LogP contribution >= 0.6 is 0 Å². The minimum Gasteiger partial charge on any atom is -0.506 e. The van der Waals surface area contributed by atoms with Crippen molar-refractivity contribution in [2.75, 3.05) is 6.61 Å². The number of aliphatic hydroxyl groups excluding tert-OH is 1. The number of esters is 1.